The molecule has 12 heavy (non-hydrogen) atoms. The van der Waals surface area contributed by atoms with Crippen LogP contribution in [0.3, 0.4) is 0 Å². The summed E-state index contributed by atoms with van der Waals surface area (Å²) in [5.41, 5.74) is 2.31. The van der Waals surface area contributed by atoms with Crippen LogP contribution in [0.5, 0.6) is 0 Å². The van der Waals surface area contributed by atoms with Crippen LogP contribution >= 0.6 is 0 Å². The van der Waals surface area contributed by atoms with Crippen LogP contribution < -0.4 is 4.57 Å². The zero-order chi connectivity index (χ0) is 8.55. The smallest absolute Gasteiger partial charge is 0.233 e. The fourth-order valence-corrected chi connectivity index (χ4v) is 1.39. The van der Waals surface area contributed by atoms with Gasteiger partial charge in [0.05, 0.1) is 12.4 Å². The quantitative estimate of drug-likeness (QED) is 0.530. The maximum absolute atomic E-state index is 4.27. The van der Waals surface area contributed by atoms with Crippen molar-refractivity contribution in [2.45, 2.75) is 6.92 Å². The molecule has 2 aromatic rings. The minimum Gasteiger partial charge on any atom is -0.233 e. The SMILES string of the molecule is Cc1nc[n+](C)c2ccccc12. The number of benzene rings is 1. The van der Waals surface area contributed by atoms with Gasteiger partial charge in [0.25, 0.3) is 6.33 Å². The molecule has 0 atom stereocenters. The fourth-order valence-electron chi connectivity index (χ4n) is 1.39. The van der Waals surface area contributed by atoms with Crippen LogP contribution in [0.2, 0.25) is 0 Å². The molecular formula is C10H11N2+. The standard InChI is InChI=1S/C10H11N2/c1-8-9-5-3-4-6-10(9)12(2)7-11-8/h3-7H,1-2H3/q+1. The number of hydrogen-bond acceptors (Lipinski definition) is 1. The highest BCUT2D eigenvalue weighted by Gasteiger charge is 2.05. The Morgan fingerprint density at radius 3 is 2.75 bits per heavy atom. The second-order valence-corrected chi connectivity index (χ2v) is 2.96. The van der Waals surface area contributed by atoms with Crippen molar-refractivity contribution in [3.05, 3.63) is 36.3 Å². The minimum absolute atomic E-state index is 1.09. The number of aromatic nitrogens is 2. The van der Waals surface area contributed by atoms with E-state index in [1.807, 2.05) is 37.0 Å². The minimum atomic E-state index is 1.09. The van der Waals surface area contributed by atoms with Crippen LogP contribution in [0, 0.1) is 6.92 Å². The first-order valence-corrected chi connectivity index (χ1v) is 3.99. The van der Waals surface area contributed by atoms with E-state index in [2.05, 4.69) is 17.1 Å². The predicted octanol–water partition coefficient (Wildman–Crippen LogP) is 1.37. The molecule has 0 unspecified atom stereocenters. The van der Waals surface area contributed by atoms with E-state index in [1.165, 1.54) is 10.9 Å². The van der Waals surface area contributed by atoms with Gasteiger partial charge in [0.2, 0.25) is 0 Å². The molecule has 2 heteroatoms. The molecule has 60 valence electrons. The van der Waals surface area contributed by atoms with Crippen molar-refractivity contribution in [3.63, 3.8) is 0 Å². The van der Waals surface area contributed by atoms with Gasteiger partial charge in [0.15, 0.2) is 5.69 Å². The summed E-state index contributed by atoms with van der Waals surface area (Å²) in [7, 11) is 2.01. The zero-order valence-corrected chi connectivity index (χ0v) is 7.28. The van der Waals surface area contributed by atoms with Crippen molar-refractivity contribution in [1.29, 1.82) is 0 Å². The molecule has 0 radical (unpaired) electrons. The lowest BCUT2D eigenvalue weighted by molar-refractivity contribution is -0.648. The summed E-state index contributed by atoms with van der Waals surface area (Å²) in [5.74, 6) is 0. The molecule has 0 fully saturated rings. The molecule has 1 aromatic carbocycles. The lowest BCUT2D eigenvalue weighted by Gasteiger charge is -1.97. The average molecular weight is 159 g/mol. The van der Waals surface area contributed by atoms with Crippen LogP contribution in [0.25, 0.3) is 10.9 Å². The number of para-hydroxylation sites is 1. The Kier molecular flexibility index (Phi) is 1.54. The summed E-state index contributed by atoms with van der Waals surface area (Å²) in [4.78, 5) is 4.27. The normalized spacial score (nSPS) is 10.5. The first kappa shape index (κ1) is 7.22. The molecule has 0 N–H and O–H groups in total. The largest absolute Gasteiger partial charge is 0.286 e. The van der Waals surface area contributed by atoms with Crippen LogP contribution in [0.1, 0.15) is 5.69 Å². The van der Waals surface area contributed by atoms with E-state index in [9.17, 15) is 0 Å². The van der Waals surface area contributed by atoms with Crippen LogP contribution in [-0.4, -0.2) is 4.98 Å². The van der Waals surface area contributed by atoms with Crippen LogP contribution in [0.4, 0.5) is 0 Å². The third-order valence-electron chi connectivity index (χ3n) is 2.10. The van der Waals surface area contributed by atoms with Gasteiger partial charge < -0.3 is 0 Å². The number of fused-ring (bicyclic) bond motifs is 1. The van der Waals surface area contributed by atoms with Gasteiger partial charge in [-0.3, -0.25) is 0 Å². The summed E-state index contributed by atoms with van der Waals surface area (Å²) >= 11 is 0. The van der Waals surface area contributed by atoms with Gasteiger partial charge in [-0.15, -0.1) is 0 Å². The van der Waals surface area contributed by atoms with E-state index in [1.54, 1.807) is 0 Å². The second kappa shape index (κ2) is 2.55. The van der Waals surface area contributed by atoms with Gasteiger partial charge in [0.1, 0.15) is 5.52 Å². The molecule has 0 aliphatic heterocycles. The molecule has 0 saturated heterocycles. The van der Waals surface area contributed by atoms with Gasteiger partial charge in [-0.25, -0.2) is 4.57 Å². The van der Waals surface area contributed by atoms with Gasteiger partial charge in [-0.05, 0) is 12.1 Å². The van der Waals surface area contributed by atoms with Crippen molar-refractivity contribution >= 4 is 10.9 Å². The van der Waals surface area contributed by atoms with Gasteiger partial charge in [-0.2, -0.15) is 0 Å². The predicted molar refractivity (Wildman–Crippen MR) is 47.7 cm³/mol. The van der Waals surface area contributed by atoms with Crippen LogP contribution in [-0.2, 0) is 7.05 Å². The van der Waals surface area contributed by atoms with Gasteiger partial charge in [0, 0.05) is 6.92 Å². The summed E-state index contributed by atoms with van der Waals surface area (Å²) in [6.07, 6.45) is 1.84. The number of hydrogen-bond donors (Lipinski definition) is 0. The molecule has 0 spiro atoms. The van der Waals surface area contributed by atoms with Crippen molar-refractivity contribution in [3.8, 4) is 0 Å². The highest BCUT2D eigenvalue weighted by molar-refractivity contribution is 5.77. The number of rotatable bonds is 0. The summed E-state index contributed by atoms with van der Waals surface area (Å²) in [6, 6.07) is 8.28. The summed E-state index contributed by atoms with van der Waals surface area (Å²) in [5, 5.41) is 1.22. The topological polar surface area (TPSA) is 16.8 Å². The molecular weight excluding hydrogens is 148 g/mol. The van der Waals surface area contributed by atoms with Crippen molar-refractivity contribution in [2.75, 3.05) is 0 Å². The van der Waals surface area contributed by atoms with E-state index < -0.39 is 0 Å². The third kappa shape index (κ3) is 0.961. The molecule has 1 aromatic heterocycles. The lowest BCUT2D eigenvalue weighted by atomic mass is 10.2. The monoisotopic (exact) mass is 159 g/mol. The fraction of sp³-hybridized carbons (Fsp3) is 0.200. The van der Waals surface area contributed by atoms with Crippen molar-refractivity contribution < 1.29 is 4.57 Å². The summed E-state index contributed by atoms with van der Waals surface area (Å²) < 4.78 is 2.03. The van der Waals surface area contributed by atoms with E-state index >= 15 is 0 Å². The third-order valence-corrected chi connectivity index (χ3v) is 2.10. The Labute approximate surface area is 71.5 Å². The lowest BCUT2D eigenvalue weighted by Crippen LogP contribution is -2.29. The first-order chi connectivity index (χ1) is 5.79. The van der Waals surface area contributed by atoms with E-state index in [0.717, 1.165) is 5.69 Å². The Morgan fingerprint density at radius 2 is 2.00 bits per heavy atom. The van der Waals surface area contributed by atoms with E-state index in [-0.39, 0.29) is 0 Å². The van der Waals surface area contributed by atoms with Gasteiger partial charge >= 0.3 is 0 Å². The Hall–Kier alpha value is -1.44. The molecule has 2 rings (SSSR count). The van der Waals surface area contributed by atoms with Crippen LogP contribution in [0.15, 0.2) is 30.6 Å². The molecule has 0 amide bonds. The highest BCUT2D eigenvalue weighted by atomic mass is 15.0. The zero-order valence-electron chi connectivity index (χ0n) is 7.28. The van der Waals surface area contributed by atoms with E-state index in [4.69, 9.17) is 0 Å². The summed E-state index contributed by atoms with van der Waals surface area (Å²) in [6.45, 7) is 2.03. The molecule has 2 nitrogen and oxygen atoms in total. The van der Waals surface area contributed by atoms with E-state index in [0.29, 0.717) is 0 Å². The van der Waals surface area contributed by atoms with Gasteiger partial charge in [-0.1, -0.05) is 17.1 Å². The van der Waals surface area contributed by atoms with Crippen molar-refractivity contribution in [1.82, 2.24) is 4.98 Å². The molecule has 1 heterocycles. The second-order valence-electron chi connectivity index (χ2n) is 2.96. The molecule has 0 aliphatic carbocycles. The Morgan fingerprint density at radius 1 is 1.25 bits per heavy atom. The van der Waals surface area contributed by atoms with Crippen molar-refractivity contribution in [2.24, 2.45) is 7.05 Å². The highest BCUT2D eigenvalue weighted by Crippen LogP contribution is 2.10. The molecule has 0 bridgehead atoms. The maximum atomic E-state index is 4.27. The average Bonchev–Trinajstić information content (AvgIpc) is 2.12. The first-order valence-electron chi connectivity index (χ1n) is 3.99. The number of aryl methyl sites for hydroxylation is 2. The Bertz CT molecular complexity index is 381. The molecule has 0 aliphatic rings. The molecule has 0 saturated carbocycles. The number of nitrogens with zero attached hydrogens (tertiary/aromatic N) is 2. The maximum Gasteiger partial charge on any atom is 0.286 e. The Balaban J connectivity index is 2.95.